The summed E-state index contributed by atoms with van der Waals surface area (Å²) in [4.78, 5) is 12.7. The first kappa shape index (κ1) is 32.1. The lowest BCUT2D eigenvalue weighted by Gasteiger charge is -2.72. The Morgan fingerprint density at radius 1 is 0.909 bits per heavy atom. The highest BCUT2D eigenvalue weighted by molar-refractivity contribution is 5.90. The molecule has 1 aromatic carbocycles. The molecule has 0 heterocycles. The molecule has 0 unspecified atom stereocenters. The van der Waals surface area contributed by atoms with E-state index >= 15 is 0 Å². The van der Waals surface area contributed by atoms with Crippen LogP contribution < -0.4 is 0 Å². The molecule has 0 amide bonds. The average Bonchev–Trinajstić information content (AvgIpc) is 3.33. The van der Waals surface area contributed by atoms with E-state index in [9.17, 15) is 9.90 Å². The summed E-state index contributed by atoms with van der Waals surface area (Å²) in [6.45, 7) is 25.8. The van der Waals surface area contributed by atoms with E-state index in [1.54, 1.807) is 0 Å². The van der Waals surface area contributed by atoms with Crippen LogP contribution in [0.2, 0.25) is 0 Å². The molecular formula is C41H60O3. The van der Waals surface area contributed by atoms with Crippen LogP contribution in [0.25, 0.3) is 5.57 Å². The van der Waals surface area contributed by atoms with E-state index in [1.165, 1.54) is 68.1 Å². The SMILES string of the molecule is C=C(C)[C@@H]1CC[C@]2(CO)CC[C@]3(C)[C@H](CC[C@@H]4[C@@]5(C)CC=C(c6ccc(C(=O)OC(C)(C)C)cc6)C(C)(C)[C@@H]5CC[C@]43C)[C@@H]12. The summed E-state index contributed by atoms with van der Waals surface area (Å²) in [5.41, 5.74) is 5.20. The number of aliphatic hydroxyl groups excluding tert-OH is 1. The van der Waals surface area contributed by atoms with Gasteiger partial charge in [0.25, 0.3) is 0 Å². The first-order valence-electron chi connectivity index (χ1n) is 17.7. The van der Waals surface area contributed by atoms with Gasteiger partial charge in [-0.05, 0) is 165 Å². The molecule has 0 spiro atoms. The highest BCUT2D eigenvalue weighted by Gasteiger charge is 2.70. The quantitative estimate of drug-likeness (QED) is 0.276. The zero-order valence-electron chi connectivity index (χ0n) is 29.3. The number of ether oxygens (including phenoxy) is 1. The maximum absolute atomic E-state index is 12.7. The van der Waals surface area contributed by atoms with E-state index in [2.05, 4.69) is 66.3 Å². The van der Waals surface area contributed by atoms with Crippen LogP contribution in [0.3, 0.4) is 0 Å². The largest absolute Gasteiger partial charge is 0.456 e. The van der Waals surface area contributed by atoms with Crippen LogP contribution in [0, 0.1) is 56.7 Å². The van der Waals surface area contributed by atoms with Gasteiger partial charge in [0.05, 0.1) is 5.56 Å². The van der Waals surface area contributed by atoms with E-state index < -0.39 is 5.60 Å². The van der Waals surface area contributed by atoms with Gasteiger partial charge in [0.1, 0.15) is 5.60 Å². The van der Waals surface area contributed by atoms with Gasteiger partial charge < -0.3 is 9.84 Å². The fourth-order valence-corrected chi connectivity index (χ4v) is 12.8. The van der Waals surface area contributed by atoms with E-state index in [0.29, 0.717) is 52.6 Å². The molecule has 0 bridgehead atoms. The average molecular weight is 601 g/mol. The normalized spacial score (nSPS) is 42.7. The predicted molar refractivity (Wildman–Crippen MR) is 181 cm³/mol. The molecule has 44 heavy (non-hydrogen) atoms. The van der Waals surface area contributed by atoms with Gasteiger partial charge in [0, 0.05) is 6.61 Å². The van der Waals surface area contributed by atoms with Crippen LogP contribution >= 0.6 is 0 Å². The molecule has 1 aromatic rings. The summed E-state index contributed by atoms with van der Waals surface area (Å²) in [6, 6.07) is 8.18. The Bertz CT molecular complexity index is 1340. The molecule has 0 aromatic heterocycles. The summed E-state index contributed by atoms with van der Waals surface area (Å²) in [5.74, 6) is 2.90. The predicted octanol–water partition coefficient (Wildman–Crippen LogP) is 10.3. The van der Waals surface area contributed by atoms with Gasteiger partial charge in [0.2, 0.25) is 0 Å². The second-order valence-corrected chi connectivity index (χ2v) is 18.3. The van der Waals surface area contributed by atoms with Crippen LogP contribution in [0.1, 0.15) is 136 Å². The van der Waals surface area contributed by atoms with Gasteiger partial charge in [-0.3, -0.25) is 0 Å². The molecule has 3 nitrogen and oxygen atoms in total. The first-order chi connectivity index (χ1) is 20.4. The summed E-state index contributed by atoms with van der Waals surface area (Å²) in [5, 5.41) is 10.8. The van der Waals surface area contributed by atoms with Crippen molar-refractivity contribution in [3.63, 3.8) is 0 Å². The van der Waals surface area contributed by atoms with Crippen molar-refractivity contribution in [3.05, 3.63) is 53.6 Å². The number of fused-ring (bicyclic) bond motifs is 7. The van der Waals surface area contributed by atoms with Crippen molar-refractivity contribution < 1.29 is 14.6 Å². The molecule has 0 aliphatic heterocycles. The lowest BCUT2D eigenvalue weighted by molar-refractivity contribution is -0.228. The maximum atomic E-state index is 12.7. The monoisotopic (exact) mass is 600 g/mol. The Kier molecular flexibility index (Phi) is 7.52. The number of hydrogen-bond donors (Lipinski definition) is 1. The van der Waals surface area contributed by atoms with E-state index in [4.69, 9.17) is 4.74 Å². The zero-order chi connectivity index (χ0) is 32.1. The van der Waals surface area contributed by atoms with Crippen LogP contribution in [0.15, 0.2) is 42.5 Å². The molecule has 5 aliphatic carbocycles. The molecule has 0 saturated heterocycles. The molecule has 5 aliphatic rings. The number of rotatable bonds is 4. The molecule has 6 rings (SSSR count). The number of carbonyl (C=O) groups excluding carboxylic acids is 1. The number of hydrogen-bond acceptors (Lipinski definition) is 3. The second-order valence-electron chi connectivity index (χ2n) is 18.3. The minimum absolute atomic E-state index is 0.0502. The van der Waals surface area contributed by atoms with Gasteiger partial charge in [0.15, 0.2) is 0 Å². The fraction of sp³-hybridized carbons (Fsp3) is 0.732. The molecule has 9 atom stereocenters. The third-order valence-electron chi connectivity index (χ3n) is 15.0. The Labute approximate surface area is 268 Å². The third-order valence-corrected chi connectivity index (χ3v) is 15.0. The van der Waals surface area contributed by atoms with Crippen molar-refractivity contribution in [2.75, 3.05) is 6.61 Å². The number of allylic oxidation sites excluding steroid dienone is 3. The molecule has 242 valence electrons. The number of aliphatic hydroxyl groups is 1. The van der Waals surface area contributed by atoms with E-state index in [0.717, 1.165) is 6.42 Å². The lowest BCUT2D eigenvalue weighted by atomic mass is 9.32. The van der Waals surface area contributed by atoms with Crippen LogP contribution in [0.4, 0.5) is 0 Å². The minimum atomic E-state index is -0.497. The van der Waals surface area contributed by atoms with Crippen molar-refractivity contribution in [3.8, 4) is 0 Å². The van der Waals surface area contributed by atoms with Crippen LogP contribution in [0.5, 0.6) is 0 Å². The Hall–Kier alpha value is -1.87. The maximum Gasteiger partial charge on any atom is 0.338 e. The molecule has 4 saturated carbocycles. The van der Waals surface area contributed by atoms with Gasteiger partial charge in [-0.15, -0.1) is 0 Å². The first-order valence-corrected chi connectivity index (χ1v) is 17.7. The number of benzene rings is 1. The Morgan fingerprint density at radius 2 is 1.59 bits per heavy atom. The van der Waals surface area contributed by atoms with Crippen molar-refractivity contribution in [1.29, 1.82) is 0 Å². The zero-order valence-corrected chi connectivity index (χ0v) is 29.3. The van der Waals surface area contributed by atoms with E-state index in [-0.39, 0.29) is 22.2 Å². The third kappa shape index (κ3) is 4.48. The standard InChI is InChI=1S/C41H60O3/c1-26(2)29-17-22-41(25-42)24-23-39(9)31(34(29)41)15-16-33-38(8)20-18-30(37(6,7)32(38)19-21-40(33,39)10)27-11-13-28(14-12-27)35(43)44-36(3,4)5/h11-14,18,29,31-34,42H,1,15-17,19-25H2,2-10H3/t29-,31+,32-,33+,34+,38-,39+,40+,41+/m0/s1. The van der Waals surface area contributed by atoms with Gasteiger partial charge in [-0.2, -0.15) is 0 Å². The fourth-order valence-electron chi connectivity index (χ4n) is 12.8. The smallest absolute Gasteiger partial charge is 0.338 e. The molecule has 3 heteroatoms. The van der Waals surface area contributed by atoms with Crippen molar-refractivity contribution >= 4 is 11.5 Å². The van der Waals surface area contributed by atoms with Gasteiger partial charge in [-0.1, -0.05) is 65.0 Å². The van der Waals surface area contributed by atoms with Gasteiger partial charge in [-0.25, -0.2) is 4.79 Å². The molecule has 4 fully saturated rings. The van der Waals surface area contributed by atoms with Crippen LogP contribution in [-0.4, -0.2) is 23.3 Å². The van der Waals surface area contributed by atoms with Crippen molar-refractivity contribution in [2.45, 2.75) is 126 Å². The van der Waals surface area contributed by atoms with Crippen molar-refractivity contribution in [2.24, 2.45) is 56.7 Å². The summed E-state index contributed by atoms with van der Waals surface area (Å²) in [7, 11) is 0. The van der Waals surface area contributed by atoms with E-state index in [1.807, 2.05) is 32.9 Å². The Morgan fingerprint density at radius 3 is 2.20 bits per heavy atom. The Balaban J connectivity index is 1.31. The lowest BCUT2D eigenvalue weighted by Crippen LogP contribution is -2.65. The highest BCUT2D eigenvalue weighted by Crippen LogP contribution is 2.77. The summed E-state index contributed by atoms with van der Waals surface area (Å²) in [6.07, 6.45) is 13.7. The summed E-state index contributed by atoms with van der Waals surface area (Å²) >= 11 is 0. The molecule has 1 N–H and O–H groups in total. The molecule has 0 radical (unpaired) electrons. The van der Waals surface area contributed by atoms with Gasteiger partial charge >= 0.3 is 5.97 Å². The van der Waals surface area contributed by atoms with Crippen LogP contribution in [-0.2, 0) is 4.74 Å². The number of carbonyl (C=O) groups is 1. The number of esters is 1. The topological polar surface area (TPSA) is 46.5 Å². The van der Waals surface area contributed by atoms with Crippen molar-refractivity contribution in [1.82, 2.24) is 0 Å². The molecular weight excluding hydrogens is 540 g/mol. The summed E-state index contributed by atoms with van der Waals surface area (Å²) < 4.78 is 5.62. The minimum Gasteiger partial charge on any atom is -0.456 e. The second kappa shape index (κ2) is 10.3. The highest BCUT2D eigenvalue weighted by atomic mass is 16.6.